The van der Waals surface area contributed by atoms with Gasteiger partial charge in [-0.2, -0.15) is 0 Å². The van der Waals surface area contributed by atoms with E-state index in [9.17, 15) is 19.4 Å². The van der Waals surface area contributed by atoms with Crippen LogP contribution < -0.4 is 14.4 Å². The number of carbonyl (C=O) groups is 1. The quantitative estimate of drug-likeness (QED) is 0.578. The van der Waals surface area contributed by atoms with Crippen molar-refractivity contribution in [3.63, 3.8) is 0 Å². The predicted molar refractivity (Wildman–Crippen MR) is 114 cm³/mol. The summed E-state index contributed by atoms with van der Waals surface area (Å²) in [7, 11) is 1.54. The molecule has 3 atom stereocenters. The summed E-state index contributed by atoms with van der Waals surface area (Å²) in [6.07, 6.45) is -2.82. The number of aromatic hydroxyl groups is 1. The van der Waals surface area contributed by atoms with Gasteiger partial charge in [-0.1, -0.05) is 18.2 Å². The molecule has 3 aromatic carbocycles. The molecule has 1 heterocycles. The predicted octanol–water partition coefficient (Wildman–Crippen LogP) is 4.05. The number of benzene rings is 3. The van der Waals surface area contributed by atoms with Gasteiger partial charge in [-0.05, 0) is 54.1 Å². The van der Waals surface area contributed by atoms with Crippen LogP contribution in [-0.4, -0.2) is 42.2 Å². The topological polar surface area (TPSA) is 88.5 Å². The second kappa shape index (κ2) is 9.15. The van der Waals surface area contributed by atoms with E-state index in [0.717, 1.165) is 0 Å². The van der Waals surface area contributed by atoms with Gasteiger partial charge >= 0.3 is 6.09 Å². The Kier molecular flexibility index (Phi) is 6.13. The summed E-state index contributed by atoms with van der Waals surface area (Å²) in [6, 6.07) is 17.9. The minimum absolute atomic E-state index is 0.0609. The first kappa shape index (κ1) is 21.5. The molecule has 0 bridgehead atoms. The molecule has 4 rings (SSSR count). The lowest BCUT2D eigenvalue weighted by atomic mass is 9.96. The highest BCUT2D eigenvalue weighted by molar-refractivity contribution is 5.91. The van der Waals surface area contributed by atoms with Gasteiger partial charge in [0.15, 0.2) is 6.10 Å². The largest absolute Gasteiger partial charge is 0.508 e. The van der Waals surface area contributed by atoms with E-state index in [2.05, 4.69) is 0 Å². The SMILES string of the molecule is COc1cccc(OC[C@@H](O)[C@H]2OC(=O)N(c3ccc(F)cc3)[C@@H]2c2ccc(O)cc2)c1. The van der Waals surface area contributed by atoms with E-state index in [1.54, 1.807) is 36.4 Å². The number of nitrogens with zero attached hydrogens (tertiary/aromatic N) is 1. The van der Waals surface area contributed by atoms with Gasteiger partial charge in [0.2, 0.25) is 0 Å². The van der Waals surface area contributed by atoms with Gasteiger partial charge in [-0.15, -0.1) is 0 Å². The van der Waals surface area contributed by atoms with Gasteiger partial charge in [0, 0.05) is 11.8 Å². The molecule has 0 radical (unpaired) electrons. The number of anilines is 1. The molecule has 1 fully saturated rings. The summed E-state index contributed by atoms with van der Waals surface area (Å²) in [5.74, 6) is 0.717. The Morgan fingerprint density at radius 2 is 1.75 bits per heavy atom. The van der Waals surface area contributed by atoms with E-state index < -0.39 is 30.2 Å². The van der Waals surface area contributed by atoms with Crippen LogP contribution in [0.25, 0.3) is 0 Å². The molecule has 1 aliphatic rings. The molecule has 1 aliphatic heterocycles. The van der Waals surface area contributed by atoms with Crippen molar-refractivity contribution in [2.24, 2.45) is 0 Å². The number of aliphatic hydroxyl groups excluding tert-OH is 1. The van der Waals surface area contributed by atoms with E-state index in [4.69, 9.17) is 14.2 Å². The minimum atomic E-state index is -1.17. The lowest BCUT2D eigenvalue weighted by Gasteiger charge is -2.27. The van der Waals surface area contributed by atoms with Crippen LogP contribution in [0.3, 0.4) is 0 Å². The number of methoxy groups -OCH3 is 1. The molecule has 0 spiro atoms. The van der Waals surface area contributed by atoms with Crippen molar-refractivity contribution < 1.29 is 33.6 Å². The highest BCUT2D eigenvalue weighted by Gasteiger charge is 2.47. The first-order chi connectivity index (χ1) is 15.5. The van der Waals surface area contributed by atoms with Crippen molar-refractivity contribution in [1.29, 1.82) is 0 Å². The molecule has 2 N–H and O–H groups in total. The number of halogens is 1. The summed E-state index contributed by atoms with van der Waals surface area (Å²) in [5, 5.41) is 20.5. The van der Waals surface area contributed by atoms with Crippen LogP contribution in [0, 0.1) is 5.82 Å². The van der Waals surface area contributed by atoms with Crippen LogP contribution in [0.2, 0.25) is 0 Å². The van der Waals surface area contributed by atoms with Crippen molar-refractivity contribution >= 4 is 11.8 Å². The van der Waals surface area contributed by atoms with Gasteiger partial charge < -0.3 is 24.4 Å². The number of hydrogen-bond donors (Lipinski definition) is 2. The Morgan fingerprint density at radius 1 is 1.06 bits per heavy atom. The highest BCUT2D eigenvalue weighted by atomic mass is 19.1. The van der Waals surface area contributed by atoms with Crippen LogP contribution in [-0.2, 0) is 4.74 Å². The molecule has 166 valence electrons. The third-order valence-electron chi connectivity index (χ3n) is 5.20. The molecule has 0 unspecified atom stereocenters. The molecular weight excluding hydrogens is 417 g/mol. The second-order valence-electron chi connectivity index (χ2n) is 7.29. The summed E-state index contributed by atoms with van der Waals surface area (Å²) < 4.78 is 29.8. The zero-order valence-corrected chi connectivity index (χ0v) is 17.2. The van der Waals surface area contributed by atoms with E-state index in [-0.39, 0.29) is 12.4 Å². The van der Waals surface area contributed by atoms with E-state index in [1.165, 1.54) is 48.4 Å². The highest BCUT2D eigenvalue weighted by Crippen LogP contribution is 2.39. The standard InChI is InChI=1S/C24H22FNO6/c1-30-19-3-2-4-20(13-19)31-14-21(28)23-22(15-5-11-18(27)12-6-15)26(24(29)32-23)17-9-7-16(25)8-10-17/h2-13,21-23,27-28H,14H2,1H3/t21-,22-,23-/m1/s1. The monoisotopic (exact) mass is 439 g/mol. The zero-order valence-electron chi connectivity index (χ0n) is 17.2. The third-order valence-corrected chi connectivity index (χ3v) is 5.20. The van der Waals surface area contributed by atoms with Crippen molar-refractivity contribution in [1.82, 2.24) is 0 Å². The fourth-order valence-corrected chi connectivity index (χ4v) is 3.63. The second-order valence-corrected chi connectivity index (χ2v) is 7.29. The zero-order chi connectivity index (χ0) is 22.7. The molecule has 1 saturated heterocycles. The molecule has 7 nitrogen and oxygen atoms in total. The van der Waals surface area contributed by atoms with Gasteiger partial charge in [0.25, 0.3) is 0 Å². The van der Waals surface area contributed by atoms with Gasteiger partial charge in [-0.3, -0.25) is 4.90 Å². The summed E-state index contributed by atoms with van der Waals surface area (Å²) in [4.78, 5) is 14.1. The van der Waals surface area contributed by atoms with Crippen molar-refractivity contribution in [2.75, 3.05) is 18.6 Å². The van der Waals surface area contributed by atoms with Crippen LogP contribution in [0.4, 0.5) is 14.9 Å². The number of hydrogen-bond acceptors (Lipinski definition) is 6. The molecule has 0 saturated carbocycles. The van der Waals surface area contributed by atoms with Crippen LogP contribution >= 0.6 is 0 Å². The molecular formula is C24H22FNO6. The van der Waals surface area contributed by atoms with Gasteiger partial charge in [0.05, 0.1) is 7.11 Å². The van der Waals surface area contributed by atoms with Gasteiger partial charge in [-0.25, -0.2) is 9.18 Å². The third kappa shape index (κ3) is 4.45. The van der Waals surface area contributed by atoms with Crippen LogP contribution in [0.1, 0.15) is 11.6 Å². The summed E-state index contributed by atoms with van der Waals surface area (Å²) in [6.45, 7) is -0.142. The van der Waals surface area contributed by atoms with Crippen molar-refractivity contribution in [2.45, 2.75) is 18.2 Å². The molecule has 1 amide bonds. The number of carbonyl (C=O) groups excluding carboxylic acids is 1. The Balaban J connectivity index is 1.61. The maximum absolute atomic E-state index is 13.4. The number of amides is 1. The van der Waals surface area contributed by atoms with Crippen molar-refractivity contribution in [3.05, 3.63) is 84.2 Å². The van der Waals surface area contributed by atoms with E-state index in [1.807, 2.05) is 0 Å². The Bertz CT molecular complexity index is 1070. The van der Waals surface area contributed by atoms with Crippen LogP contribution in [0.5, 0.6) is 17.2 Å². The van der Waals surface area contributed by atoms with Crippen molar-refractivity contribution in [3.8, 4) is 17.2 Å². The first-order valence-corrected chi connectivity index (χ1v) is 9.95. The number of rotatable bonds is 7. The fourth-order valence-electron chi connectivity index (χ4n) is 3.63. The Labute approximate surface area is 184 Å². The lowest BCUT2D eigenvalue weighted by Crippen LogP contribution is -2.38. The number of ether oxygens (including phenoxy) is 3. The molecule has 3 aromatic rings. The molecule has 0 aromatic heterocycles. The molecule has 32 heavy (non-hydrogen) atoms. The smallest absolute Gasteiger partial charge is 0.415 e. The lowest BCUT2D eigenvalue weighted by molar-refractivity contribution is -0.00649. The average Bonchev–Trinajstić information content (AvgIpc) is 3.15. The maximum atomic E-state index is 13.4. The fraction of sp³-hybridized carbons (Fsp3) is 0.208. The van der Waals surface area contributed by atoms with E-state index in [0.29, 0.717) is 22.7 Å². The maximum Gasteiger partial charge on any atom is 0.415 e. The van der Waals surface area contributed by atoms with Gasteiger partial charge in [0.1, 0.15) is 41.8 Å². The van der Waals surface area contributed by atoms with E-state index >= 15 is 0 Å². The van der Waals surface area contributed by atoms with Crippen LogP contribution in [0.15, 0.2) is 72.8 Å². The summed E-state index contributed by atoms with van der Waals surface area (Å²) in [5.41, 5.74) is 1.04. The summed E-state index contributed by atoms with van der Waals surface area (Å²) >= 11 is 0. The normalized spacial score (nSPS) is 18.8. The number of aliphatic hydroxyl groups is 1. The molecule has 8 heteroatoms. The Morgan fingerprint density at radius 3 is 2.44 bits per heavy atom. The average molecular weight is 439 g/mol. The number of cyclic esters (lactones) is 1. The number of phenolic OH excluding ortho intramolecular Hbond substituents is 1. The number of phenols is 1. The molecule has 0 aliphatic carbocycles. The first-order valence-electron chi connectivity index (χ1n) is 9.95. The minimum Gasteiger partial charge on any atom is -0.508 e. The Hall–Kier alpha value is -3.78.